The average Bonchev–Trinajstić information content (AvgIpc) is 2.77. The van der Waals surface area contributed by atoms with Crippen molar-refractivity contribution < 1.29 is 9.53 Å². The van der Waals surface area contributed by atoms with Gasteiger partial charge in [-0.2, -0.15) is 11.8 Å². The highest BCUT2D eigenvalue weighted by Gasteiger charge is 2.37. The van der Waals surface area contributed by atoms with Gasteiger partial charge in [-0.1, -0.05) is 0 Å². The number of carbonyl (C=O) groups excluding carboxylic acids is 1. The lowest BCUT2D eigenvalue weighted by atomic mass is 9.94. The molecule has 3 heteroatoms. The molecule has 2 saturated heterocycles. The summed E-state index contributed by atoms with van der Waals surface area (Å²) in [6, 6.07) is 0. The zero-order valence-corrected chi connectivity index (χ0v) is 8.65. The summed E-state index contributed by atoms with van der Waals surface area (Å²) in [5.74, 6) is 1.26. The van der Waals surface area contributed by atoms with Crippen molar-refractivity contribution in [2.24, 2.45) is 0 Å². The van der Waals surface area contributed by atoms with E-state index >= 15 is 0 Å². The lowest BCUT2D eigenvalue weighted by Crippen LogP contribution is -2.32. The molecule has 2 rings (SSSR count). The average molecular weight is 200 g/mol. The molecule has 0 spiro atoms. The van der Waals surface area contributed by atoms with Gasteiger partial charge in [0.25, 0.3) is 0 Å². The van der Waals surface area contributed by atoms with E-state index < -0.39 is 5.60 Å². The molecule has 0 aromatic carbocycles. The van der Waals surface area contributed by atoms with E-state index in [0.717, 1.165) is 32.2 Å². The monoisotopic (exact) mass is 200 g/mol. The summed E-state index contributed by atoms with van der Waals surface area (Å²) in [6.45, 7) is 0.774. The lowest BCUT2D eigenvalue weighted by molar-refractivity contribution is -0.126. The molecule has 0 aromatic heterocycles. The first-order chi connectivity index (χ1) is 6.35. The highest BCUT2D eigenvalue weighted by molar-refractivity contribution is 8.00. The highest BCUT2D eigenvalue weighted by atomic mass is 32.2. The molecule has 2 nitrogen and oxygen atoms in total. The zero-order chi connectivity index (χ0) is 9.15. The molecule has 0 saturated carbocycles. The summed E-state index contributed by atoms with van der Waals surface area (Å²) in [5, 5.41) is 0.670. The van der Waals surface area contributed by atoms with Crippen molar-refractivity contribution >= 4 is 18.0 Å². The molecule has 0 bridgehead atoms. The lowest BCUT2D eigenvalue weighted by Gasteiger charge is -2.24. The summed E-state index contributed by atoms with van der Waals surface area (Å²) in [5.41, 5.74) is -0.401. The number of hydrogen-bond acceptors (Lipinski definition) is 3. The largest absolute Gasteiger partial charge is 0.367 e. The van der Waals surface area contributed by atoms with Crippen molar-refractivity contribution in [1.82, 2.24) is 0 Å². The maximum absolute atomic E-state index is 11.0. The summed E-state index contributed by atoms with van der Waals surface area (Å²) in [7, 11) is 0. The van der Waals surface area contributed by atoms with Crippen molar-refractivity contribution in [1.29, 1.82) is 0 Å². The first kappa shape index (κ1) is 9.53. The molecule has 2 atom stereocenters. The van der Waals surface area contributed by atoms with Crippen molar-refractivity contribution in [2.45, 2.75) is 43.0 Å². The Morgan fingerprint density at radius 2 is 2.46 bits per heavy atom. The molecule has 74 valence electrons. The molecule has 0 radical (unpaired) electrons. The van der Waals surface area contributed by atoms with E-state index in [4.69, 9.17) is 4.74 Å². The van der Waals surface area contributed by atoms with Crippen LogP contribution in [0, 0.1) is 0 Å². The molecule has 2 heterocycles. The van der Waals surface area contributed by atoms with Crippen LogP contribution >= 0.6 is 11.8 Å². The van der Waals surface area contributed by atoms with E-state index in [-0.39, 0.29) is 0 Å². The van der Waals surface area contributed by atoms with Crippen LogP contribution in [0.3, 0.4) is 0 Å². The topological polar surface area (TPSA) is 26.3 Å². The molecular formula is C10H16O2S. The number of carbonyl (C=O) groups is 1. The maximum Gasteiger partial charge on any atom is 0.151 e. The Morgan fingerprint density at radius 1 is 1.54 bits per heavy atom. The van der Waals surface area contributed by atoms with Crippen LogP contribution in [0.2, 0.25) is 0 Å². The van der Waals surface area contributed by atoms with E-state index in [1.165, 1.54) is 18.6 Å². The smallest absolute Gasteiger partial charge is 0.151 e. The van der Waals surface area contributed by atoms with Gasteiger partial charge in [-0.05, 0) is 37.9 Å². The summed E-state index contributed by atoms with van der Waals surface area (Å²) < 4.78 is 5.57. The van der Waals surface area contributed by atoms with Gasteiger partial charge in [-0.25, -0.2) is 0 Å². The fourth-order valence-corrected chi connectivity index (χ4v) is 3.61. The minimum atomic E-state index is -0.401. The van der Waals surface area contributed by atoms with Crippen LogP contribution in [-0.2, 0) is 9.53 Å². The van der Waals surface area contributed by atoms with Gasteiger partial charge in [-0.3, -0.25) is 0 Å². The molecule has 2 aliphatic heterocycles. The van der Waals surface area contributed by atoms with E-state index in [9.17, 15) is 4.79 Å². The van der Waals surface area contributed by atoms with Crippen LogP contribution in [0.5, 0.6) is 0 Å². The van der Waals surface area contributed by atoms with Crippen LogP contribution in [0.25, 0.3) is 0 Å². The second-order valence-corrected chi connectivity index (χ2v) is 5.38. The van der Waals surface area contributed by atoms with Crippen molar-refractivity contribution in [2.75, 3.05) is 12.4 Å². The predicted molar refractivity (Wildman–Crippen MR) is 54.1 cm³/mol. The van der Waals surface area contributed by atoms with Crippen LogP contribution in [0.4, 0.5) is 0 Å². The normalized spacial score (nSPS) is 39.5. The third kappa shape index (κ3) is 2.08. The van der Waals surface area contributed by atoms with Gasteiger partial charge in [0.1, 0.15) is 5.60 Å². The van der Waals surface area contributed by atoms with E-state index in [1.54, 1.807) is 0 Å². The quantitative estimate of drug-likeness (QED) is 0.652. The second-order valence-electron chi connectivity index (χ2n) is 3.97. The van der Waals surface area contributed by atoms with Crippen molar-refractivity contribution in [3.8, 4) is 0 Å². The van der Waals surface area contributed by atoms with Gasteiger partial charge >= 0.3 is 0 Å². The first-order valence-electron chi connectivity index (χ1n) is 5.07. The summed E-state index contributed by atoms with van der Waals surface area (Å²) in [6.07, 6.45) is 6.55. The molecule has 13 heavy (non-hydrogen) atoms. The minimum Gasteiger partial charge on any atom is -0.367 e. The Balaban J connectivity index is 1.92. The van der Waals surface area contributed by atoms with Crippen LogP contribution in [0.15, 0.2) is 0 Å². The molecule has 0 amide bonds. The third-order valence-corrected chi connectivity index (χ3v) is 4.34. The molecule has 2 aliphatic rings. The number of hydrogen-bond donors (Lipinski definition) is 0. The maximum atomic E-state index is 11.0. The predicted octanol–water partition coefficient (Wildman–Crippen LogP) is 2.02. The second kappa shape index (κ2) is 4.01. The van der Waals surface area contributed by atoms with Crippen LogP contribution in [0.1, 0.15) is 32.1 Å². The molecule has 2 fully saturated rings. The Labute approximate surface area is 83.4 Å². The Morgan fingerprint density at radius 3 is 3.00 bits per heavy atom. The highest BCUT2D eigenvalue weighted by Crippen LogP contribution is 2.37. The van der Waals surface area contributed by atoms with E-state index in [2.05, 4.69) is 0 Å². The number of rotatable bonds is 3. The minimum absolute atomic E-state index is 0.401. The van der Waals surface area contributed by atoms with Gasteiger partial charge in [0, 0.05) is 11.9 Å². The third-order valence-electron chi connectivity index (χ3n) is 2.95. The standard InChI is InChI=1S/C10H16O2S/c11-8-10(4-2-5-12-10)7-9-3-1-6-13-9/h8-9H,1-7H2. The van der Waals surface area contributed by atoms with Crippen molar-refractivity contribution in [3.63, 3.8) is 0 Å². The Hall–Kier alpha value is -0.0200. The molecule has 0 aliphatic carbocycles. The first-order valence-corrected chi connectivity index (χ1v) is 6.11. The number of ether oxygens (including phenoxy) is 1. The Bertz CT molecular complexity index is 181. The molecule has 0 N–H and O–H groups in total. The van der Waals surface area contributed by atoms with Crippen LogP contribution < -0.4 is 0 Å². The number of thioether (sulfide) groups is 1. The fourth-order valence-electron chi connectivity index (χ4n) is 2.21. The van der Waals surface area contributed by atoms with E-state index in [1.807, 2.05) is 11.8 Å². The van der Waals surface area contributed by atoms with Crippen molar-refractivity contribution in [3.05, 3.63) is 0 Å². The zero-order valence-electron chi connectivity index (χ0n) is 7.83. The van der Waals surface area contributed by atoms with Gasteiger partial charge in [-0.15, -0.1) is 0 Å². The fraction of sp³-hybridized carbons (Fsp3) is 0.900. The SMILES string of the molecule is O=CC1(CC2CCCS2)CCCO1. The Kier molecular flexibility index (Phi) is 2.94. The van der Waals surface area contributed by atoms with Gasteiger partial charge in [0.05, 0.1) is 0 Å². The van der Waals surface area contributed by atoms with Crippen LogP contribution in [-0.4, -0.2) is 29.5 Å². The van der Waals surface area contributed by atoms with E-state index in [0.29, 0.717) is 5.25 Å². The van der Waals surface area contributed by atoms with Gasteiger partial charge in [0.2, 0.25) is 0 Å². The summed E-state index contributed by atoms with van der Waals surface area (Å²) >= 11 is 2.00. The molecule has 0 aromatic rings. The molecule has 2 unspecified atom stereocenters. The molecular weight excluding hydrogens is 184 g/mol. The summed E-state index contributed by atoms with van der Waals surface area (Å²) in [4.78, 5) is 11.0. The number of aldehydes is 1. The van der Waals surface area contributed by atoms with Gasteiger partial charge < -0.3 is 9.53 Å². The van der Waals surface area contributed by atoms with Gasteiger partial charge in [0.15, 0.2) is 6.29 Å².